The van der Waals surface area contributed by atoms with Gasteiger partial charge in [-0.1, -0.05) is 44.6 Å². The Morgan fingerprint density at radius 3 is 2.38 bits per heavy atom. The van der Waals surface area contributed by atoms with Crippen molar-refractivity contribution in [2.45, 2.75) is 47.0 Å². The first kappa shape index (κ1) is 10.6. The fourth-order valence-corrected chi connectivity index (χ4v) is 1.96. The Hall–Kier alpha value is -0.520. The van der Waals surface area contributed by atoms with Gasteiger partial charge in [0.1, 0.15) is 0 Å². The van der Waals surface area contributed by atoms with Crippen LogP contribution in [-0.4, -0.2) is 0 Å². The monoisotopic (exact) mass is 178 g/mol. The maximum absolute atomic E-state index is 4.04. The van der Waals surface area contributed by atoms with E-state index in [-0.39, 0.29) is 0 Å². The molecule has 1 aliphatic rings. The van der Waals surface area contributed by atoms with Gasteiger partial charge < -0.3 is 0 Å². The summed E-state index contributed by atoms with van der Waals surface area (Å²) in [6, 6.07) is 0. The van der Waals surface area contributed by atoms with Crippen LogP contribution in [0.3, 0.4) is 0 Å². The van der Waals surface area contributed by atoms with Gasteiger partial charge in [-0.15, -0.1) is 0 Å². The molecule has 0 heterocycles. The van der Waals surface area contributed by atoms with Crippen molar-refractivity contribution in [3.63, 3.8) is 0 Å². The maximum atomic E-state index is 4.04. The molecular weight excluding hydrogens is 156 g/mol. The van der Waals surface area contributed by atoms with Gasteiger partial charge in [0.05, 0.1) is 0 Å². The van der Waals surface area contributed by atoms with E-state index >= 15 is 0 Å². The Morgan fingerprint density at radius 1 is 1.46 bits per heavy atom. The summed E-state index contributed by atoms with van der Waals surface area (Å²) in [4.78, 5) is 0. The van der Waals surface area contributed by atoms with E-state index in [1.807, 2.05) is 0 Å². The second kappa shape index (κ2) is 3.69. The first-order valence-corrected chi connectivity index (χ1v) is 5.26. The molecular formula is C13H22. The van der Waals surface area contributed by atoms with Crippen LogP contribution in [0.15, 0.2) is 23.8 Å². The van der Waals surface area contributed by atoms with Crippen LogP contribution in [0, 0.1) is 11.3 Å². The molecule has 0 aromatic carbocycles. The lowest BCUT2D eigenvalue weighted by molar-refractivity contribution is 0.430. The SMILES string of the molecule is C=C(C)C1CC=C(C(C)(C)C)CC1. The van der Waals surface area contributed by atoms with Crippen molar-refractivity contribution in [2.24, 2.45) is 11.3 Å². The highest BCUT2D eigenvalue weighted by Gasteiger charge is 2.22. The minimum Gasteiger partial charge on any atom is -0.0998 e. The summed E-state index contributed by atoms with van der Waals surface area (Å²) < 4.78 is 0. The molecule has 1 rings (SSSR count). The minimum atomic E-state index is 0.375. The molecule has 0 saturated heterocycles. The van der Waals surface area contributed by atoms with Gasteiger partial charge in [-0.2, -0.15) is 0 Å². The molecule has 1 aliphatic carbocycles. The molecule has 1 unspecified atom stereocenters. The van der Waals surface area contributed by atoms with Crippen LogP contribution in [0.5, 0.6) is 0 Å². The molecule has 13 heavy (non-hydrogen) atoms. The maximum Gasteiger partial charge on any atom is -0.0171 e. The van der Waals surface area contributed by atoms with Gasteiger partial charge in [0.2, 0.25) is 0 Å². The first-order valence-electron chi connectivity index (χ1n) is 5.26. The Labute approximate surface area is 82.7 Å². The molecule has 0 radical (unpaired) electrons. The van der Waals surface area contributed by atoms with Crippen molar-refractivity contribution in [1.29, 1.82) is 0 Å². The Balaban J connectivity index is 2.63. The standard InChI is InChI=1S/C13H22/c1-10(2)11-6-8-12(9-7-11)13(3,4)5/h8,11H,1,6-7,9H2,2-5H3. The zero-order valence-corrected chi connectivity index (χ0v) is 9.48. The summed E-state index contributed by atoms with van der Waals surface area (Å²) in [6.07, 6.45) is 6.21. The van der Waals surface area contributed by atoms with Crippen LogP contribution in [0.4, 0.5) is 0 Å². The third kappa shape index (κ3) is 2.72. The van der Waals surface area contributed by atoms with Gasteiger partial charge in [0.25, 0.3) is 0 Å². The highest BCUT2D eigenvalue weighted by molar-refractivity contribution is 5.17. The van der Waals surface area contributed by atoms with E-state index in [9.17, 15) is 0 Å². The van der Waals surface area contributed by atoms with Crippen molar-refractivity contribution in [1.82, 2.24) is 0 Å². The largest absolute Gasteiger partial charge is 0.0998 e. The van der Waals surface area contributed by atoms with Crippen molar-refractivity contribution in [3.8, 4) is 0 Å². The second-order valence-corrected chi connectivity index (χ2v) is 5.30. The van der Waals surface area contributed by atoms with E-state index in [1.54, 1.807) is 5.57 Å². The summed E-state index contributed by atoms with van der Waals surface area (Å²) in [5.74, 6) is 0.742. The topological polar surface area (TPSA) is 0 Å². The van der Waals surface area contributed by atoms with Crippen molar-refractivity contribution >= 4 is 0 Å². The van der Waals surface area contributed by atoms with Crippen molar-refractivity contribution in [3.05, 3.63) is 23.8 Å². The summed E-state index contributed by atoms with van der Waals surface area (Å²) in [7, 11) is 0. The van der Waals surface area contributed by atoms with Crippen molar-refractivity contribution < 1.29 is 0 Å². The highest BCUT2D eigenvalue weighted by atomic mass is 14.3. The van der Waals surface area contributed by atoms with Gasteiger partial charge in [0.15, 0.2) is 0 Å². The van der Waals surface area contributed by atoms with E-state index < -0.39 is 0 Å². The molecule has 0 nitrogen and oxygen atoms in total. The van der Waals surface area contributed by atoms with E-state index in [4.69, 9.17) is 0 Å². The van der Waals surface area contributed by atoms with Gasteiger partial charge in [-0.3, -0.25) is 0 Å². The fourth-order valence-electron chi connectivity index (χ4n) is 1.96. The number of hydrogen-bond acceptors (Lipinski definition) is 0. The average Bonchev–Trinajstić information content (AvgIpc) is 2.03. The molecule has 1 atom stereocenters. The third-order valence-corrected chi connectivity index (χ3v) is 3.07. The molecule has 0 amide bonds. The summed E-state index contributed by atoms with van der Waals surface area (Å²) in [5.41, 5.74) is 3.36. The lowest BCUT2D eigenvalue weighted by Gasteiger charge is -2.29. The third-order valence-electron chi connectivity index (χ3n) is 3.07. The van der Waals surface area contributed by atoms with E-state index in [0.29, 0.717) is 5.41 Å². The molecule has 74 valence electrons. The lowest BCUT2D eigenvalue weighted by Crippen LogP contribution is -2.15. The van der Waals surface area contributed by atoms with Gasteiger partial charge in [-0.05, 0) is 37.5 Å². The van der Waals surface area contributed by atoms with E-state index in [2.05, 4.69) is 40.3 Å². The molecule has 0 saturated carbocycles. The number of allylic oxidation sites excluding steroid dienone is 3. The molecule has 0 N–H and O–H groups in total. The quantitative estimate of drug-likeness (QED) is 0.524. The van der Waals surface area contributed by atoms with Crippen LogP contribution in [-0.2, 0) is 0 Å². The van der Waals surface area contributed by atoms with Gasteiger partial charge in [0, 0.05) is 0 Å². The van der Waals surface area contributed by atoms with Gasteiger partial charge >= 0.3 is 0 Å². The minimum absolute atomic E-state index is 0.375. The molecule has 0 heteroatoms. The Morgan fingerprint density at radius 2 is 2.08 bits per heavy atom. The molecule has 0 bridgehead atoms. The van der Waals surface area contributed by atoms with E-state index in [1.165, 1.54) is 24.8 Å². The summed E-state index contributed by atoms with van der Waals surface area (Å²) in [5, 5.41) is 0. The van der Waals surface area contributed by atoms with Crippen LogP contribution in [0.25, 0.3) is 0 Å². The molecule has 0 aromatic rings. The van der Waals surface area contributed by atoms with Crippen LogP contribution >= 0.6 is 0 Å². The Bertz CT molecular complexity index is 225. The predicted octanol–water partition coefficient (Wildman–Crippen LogP) is 4.34. The first-order chi connectivity index (χ1) is 5.91. The summed E-state index contributed by atoms with van der Waals surface area (Å²) >= 11 is 0. The zero-order valence-electron chi connectivity index (χ0n) is 9.48. The smallest absolute Gasteiger partial charge is 0.0171 e. The van der Waals surface area contributed by atoms with E-state index in [0.717, 1.165) is 5.92 Å². The van der Waals surface area contributed by atoms with Crippen LogP contribution in [0.1, 0.15) is 47.0 Å². The average molecular weight is 178 g/mol. The number of hydrogen-bond donors (Lipinski definition) is 0. The van der Waals surface area contributed by atoms with Crippen LogP contribution in [0.2, 0.25) is 0 Å². The lowest BCUT2D eigenvalue weighted by atomic mass is 9.76. The number of rotatable bonds is 1. The molecule has 0 fully saturated rings. The van der Waals surface area contributed by atoms with Crippen molar-refractivity contribution in [2.75, 3.05) is 0 Å². The van der Waals surface area contributed by atoms with Gasteiger partial charge in [-0.25, -0.2) is 0 Å². The molecule has 0 spiro atoms. The normalized spacial score (nSPS) is 24.0. The zero-order chi connectivity index (χ0) is 10.1. The molecule has 0 aliphatic heterocycles. The van der Waals surface area contributed by atoms with Crippen LogP contribution < -0.4 is 0 Å². The second-order valence-electron chi connectivity index (χ2n) is 5.30. The Kier molecular flexibility index (Phi) is 3.00. The highest BCUT2D eigenvalue weighted by Crippen LogP contribution is 2.36. The predicted molar refractivity (Wildman–Crippen MR) is 59.7 cm³/mol. The fraction of sp³-hybridized carbons (Fsp3) is 0.692. The molecule has 0 aromatic heterocycles. The summed E-state index contributed by atoms with van der Waals surface area (Å²) in [6.45, 7) is 13.1.